The van der Waals surface area contributed by atoms with E-state index >= 15 is 0 Å². The molecule has 0 aliphatic rings. The minimum Gasteiger partial charge on any atom is -0.496 e. The van der Waals surface area contributed by atoms with E-state index in [9.17, 15) is 4.79 Å². The van der Waals surface area contributed by atoms with Gasteiger partial charge in [-0.1, -0.05) is 6.07 Å². The minimum atomic E-state index is 0.550. The normalized spacial score (nSPS) is 9.86. The van der Waals surface area contributed by atoms with Crippen molar-refractivity contribution in [2.75, 3.05) is 13.4 Å². The summed E-state index contributed by atoms with van der Waals surface area (Å²) >= 11 is 1.68. The van der Waals surface area contributed by atoms with Gasteiger partial charge in [-0.25, -0.2) is 0 Å². The zero-order valence-corrected chi connectivity index (χ0v) is 9.26. The number of hydrogen-bond acceptors (Lipinski definition) is 3. The van der Waals surface area contributed by atoms with Gasteiger partial charge in [-0.3, -0.25) is 0 Å². The summed E-state index contributed by atoms with van der Waals surface area (Å²) in [4.78, 5) is 11.5. The predicted octanol–water partition coefficient (Wildman–Crippen LogP) is 2.55. The van der Waals surface area contributed by atoms with Crippen molar-refractivity contribution >= 4 is 18.0 Å². The molecular weight excluding hydrogens is 196 g/mol. The van der Waals surface area contributed by atoms with E-state index in [1.807, 2.05) is 24.5 Å². The van der Waals surface area contributed by atoms with Gasteiger partial charge in [0.15, 0.2) is 0 Å². The Labute approximate surface area is 88.7 Å². The fourth-order valence-corrected chi connectivity index (χ4v) is 2.04. The second-order valence-corrected chi connectivity index (χ2v) is 3.69. The molecule has 0 heterocycles. The number of carbonyl (C=O) groups excluding carboxylic acids is 1. The molecule has 2 nitrogen and oxygen atoms in total. The van der Waals surface area contributed by atoms with Crippen LogP contribution < -0.4 is 4.74 Å². The molecule has 0 radical (unpaired) electrons. The Morgan fingerprint density at radius 3 is 2.86 bits per heavy atom. The van der Waals surface area contributed by atoms with Gasteiger partial charge in [0.2, 0.25) is 0 Å². The van der Waals surface area contributed by atoms with E-state index in [-0.39, 0.29) is 0 Å². The number of thioether (sulfide) groups is 1. The lowest BCUT2D eigenvalue weighted by Gasteiger charge is -2.10. The van der Waals surface area contributed by atoms with Crippen molar-refractivity contribution in [2.45, 2.75) is 17.7 Å². The summed E-state index contributed by atoms with van der Waals surface area (Å²) < 4.78 is 5.26. The van der Waals surface area contributed by atoms with Crippen LogP contribution in [0.15, 0.2) is 23.1 Å². The molecule has 1 rings (SSSR count). The van der Waals surface area contributed by atoms with Crippen LogP contribution in [0.1, 0.15) is 12.0 Å². The number of aldehydes is 1. The van der Waals surface area contributed by atoms with Crippen LogP contribution >= 0.6 is 11.8 Å². The van der Waals surface area contributed by atoms with E-state index in [1.54, 1.807) is 18.9 Å². The van der Waals surface area contributed by atoms with Gasteiger partial charge in [0, 0.05) is 16.9 Å². The molecule has 0 bridgehead atoms. The lowest BCUT2D eigenvalue weighted by atomic mass is 10.1. The van der Waals surface area contributed by atoms with E-state index in [1.165, 1.54) is 4.90 Å². The molecule has 0 fully saturated rings. The van der Waals surface area contributed by atoms with Gasteiger partial charge in [-0.05, 0) is 24.8 Å². The summed E-state index contributed by atoms with van der Waals surface area (Å²) in [5, 5.41) is 0. The molecule has 0 saturated carbocycles. The number of carbonyl (C=O) groups is 1. The molecule has 1 aromatic carbocycles. The van der Waals surface area contributed by atoms with Crippen LogP contribution in [0.2, 0.25) is 0 Å². The Hall–Kier alpha value is -0.960. The summed E-state index contributed by atoms with van der Waals surface area (Å²) in [5.74, 6) is 0.874. The highest BCUT2D eigenvalue weighted by Crippen LogP contribution is 2.29. The first-order chi connectivity index (χ1) is 6.83. The molecule has 1 aromatic rings. The van der Waals surface area contributed by atoms with E-state index in [0.717, 1.165) is 24.0 Å². The fourth-order valence-electron chi connectivity index (χ4n) is 1.38. The molecular formula is C11H14O2S. The molecule has 76 valence electrons. The molecule has 0 aliphatic carbocycles. The Morgan fingerprint density at radius 2 is 2.29 bits per heavy atom. The van der Waals surface area contributed by atoms with Gasteiger partial charge in [0.25, 0.3) is 0 Å². The number of methoxy groups -OCH3 is 1. The average molecular weight is 210 g/mol. The van der Waals surface area contributed by atoms with Crippen molar-refractivity contribution in [3.05, 3.63) is 23.8 Å². The maximum absolute atomic E-state index is 10.3. The molecule has 14 heavy (non-hydrogen) atoms. The predicted molar refractivity (Wildman–Crippen MR) is 59.2 cm³/mol. The molecule has 3 heteroatoms. The summed E-state index contributed by atoms with van der Waals surface area (Å²) in [6.45, 7) is 0. The van der Waals surface area contributed by atoms with Gasteiger partial charge in [-0.15, -0.1) is 11.8 Å². The van der Waals surface area contributed by atoms with Gasteiger partial charge in [-0.2, -0.15) is 0 Å². The van der Waals surface area contributed by atoms with Crippen molar-refractivity contribution in [3.63, 3.8) is 0 Å². The standard InChI is InChI=1S/C11H14O2S/c1-13-10-6-3-7-11(14-2)9(10)5-4-8-12/h3,6-8H,4-5H2,1-2H3. The van der Waals surface area contributed by atoms with E-state index < -0.39 is 0 Å². The monoisotopic (exact) mass is 210 g/mol. The number of rotatable bonds is 5. The summed E-state index contributed by atoms with van der Waals surface area (Å²) in [5.41, 5.74) is 1.13. The SMILES string of the molecule is COc1cccc(SC)c1CCC=O. The largest absolute Gasteiger partial charge is 0.496 e. The maximum Gasteiger partial charge on any atom is 0.123 e. The summed E-state index contributed by atoms with van der Waals surface area (Å²) in [7, 11) is 1.66. The smallest absolute Gasteiger partial charge is 0.123 e. The van der Waals surface area contributed by atoms with Crippen molar-refractivity contribution in [1.82, 2.24) is 0 Å². The lowest BCUT2D eigenvalue weighted by molar-refractivity contribution is -0.107. The minimum absolute atomic E-state index is 0.550. The van der Waals surface area contributed by atoms with Gasteiger partial charge >= 0.3 is 0 Å². The highest BCUT2D eigenvalue weighted by atomic mass is 32.2. The zero-order valence-electron chi connectivity index (χ0n) is 8.45. The van der Waals surface area contributed by atoms with Crippen LogP contribution in [0.5, 0.6) is 5.75 Å². The number of benzene rings is 1. The first-order valence-corrected chi connectivity index (χ1v) is 5.69. The quantitative estimate of drug-likeness (QED) is 0.552. The first-order valence-electron chi connectivity index (χ1n) is 4.47. The second-order valence-electron chi connectivity index (χ2n) is 2.85. The van der Waals surface area contributed by atoms with Crippen LogP contribution in [0, 0.1) is 0 Å². The van der Waals surface area contributed by atoms with Crippen LogP contribution in [-0.4, -0.2) is 19.7 Å². The summed E-state index contributed by atoms with van der Waals surface area (Å²) in [6, 6.07) is 5.95. The van der Waals surface area contributed by atoms with E-state index in [2.05, 4.69) is 0 Å². The first kappa shape index (κ1) is 11.1. The molecule has 0 aromatic heterocycles. The molecule has 0 aliphatic heterocycles. The molecule has 0 atom stereocenters. The summed E-state index contributed by atoms with van der Waals surface area (Å²) in [6.07, 6.45) is 4.27. The zero-order chi connectivity index (χ0) is 10.4. The average Bonchev–Trinajstić information content (AvgIpc) is 2.25. The molecule has 0 spiro atoms. The number of hydrogen-bond donors (Lipinski definition) is 0. The Balaban J connectivity index is 2.99. The van der Waals surface area contributed by atoms with Crippen molar-refractivity contribution < 1.29 is 9.53 Å². The molecule has 0 saturated heterocycles. The Morgan fingerprint density at radius 1 is 1.50 bits per heavy atom. The molecule has 0 unspecified atom stereocenters. The van der Waals surface area contributed by atoms with Gasteiger partial charge in [0.1, 0.15) is 12.0 Å². The van der Waals surface area contributed by atoms with Crippen molar-refractivity contribution in [3.8, 4) is 5.75 Å². The van der Waals surface area contributed by atoms with Crippen LogP contribution in [0.4, 0.5) is 0 Å². The third kappa shape index (κ3) is 2.51. The third-order valence-electron chi connectivity index (χ3n) is 2.04. The second kappa shape index (κ2) is 5.70. The Bertz CT molecular complexity index is 288. The Kier molecular flexibility index (Phi) is 4.53. The highest BCUT2D eigenvalue weighted by Gasteiger charge is 2.07. The highest BCUT2D eigenvalue weighted by molar-refractivity contribution is 7.98. The van der Waals surface area contributed by atoms with Gasteiger partial charge in [0.05, 0.1) is 7.11 Å². The molecule has 0 amide bonds. The topological polar surface area (TPSA) is 26.3 Å². The van der Waals surface area contributed by atoms with Crippen molar-refractivity contribution in [2.24, 2.45) is 0 Å². The molecule has 0 N–H and O–H groups in total. The van der Waals surface area contributed by atoms with Crippen LogP contribution in [0.25, 0.3) is 0 Å². The fraction of sp³-hybridized carbons (Fsp3) is 0.364. The third-order valence-corrected chi connectivity index (χ3v) is 2.86. The van der Waals surface area contributed by atoms with Crippen molar-refractivity contribution in [1.29, 1.82) is 0 Å². The van der Waals surface area contributed by atoms with E-state index in [0.29, 0.717) is 6.42 Å². The van der Waals surface area contributed by atoms with Gasteiger partial charge < -0.3 is 9.53 Å². The van der Waals surface area contributed by atoms with Crippen LogP contribution in [-0.2, 0) is 11.2 Å². The number of ether oxygens (including phenoxy) is 1. The van der Waals surface area contributed by atoms with Crippen LogP contribution in [0.3, 0.4) is 0 Å². The maximum atomic E-state index is 10.3. The lowest BCUT2D eigenvalue weighted by Crippen LogP contribution is -1.95. The van der Waals surface area contributed by atoms with E-state index in [4.69, 9.17) is 4.74 Å².